The third-order valence-electron chi connectivity index (χ3n) is 2.90. The summed E-state index contributed by atoms with van der Waals surface area (Å²) >= 11 is 0. The topological polar surface area (TPSA) is 273 Å². The Labute approximate surface area is 164 Å². The van der Waals surface area contributed by atoms with Crippen molar-refractivity contribution in [3.05, 3.63) is 0 Å². The minimum absolute atomic E-state index is 0.806. The molecular weight excluding hydrogens is 500 g/mol. The van der Waals surface area contributed by atoms with Gasteiger partial charge in [0, 0.05) is 7.11 Å². The molecule has 0 saturated carbocycles. The minimum Gasteiger partial charge on any atom is -0.353 e. The van der Waals surface area contributed by atoms with E-state index in [-0.39, 0.29) is 0 Å². The van der Waals surface area contributed by atoms with Crippen LogP contribution < -0.4 is 0 Å². The first kappa shape index (κ1) is 26.4. The van der Waals surface area contributed by atoms with E-state index in [1.54, 1.807) is 0 Å². The maximum atomic E-state index is 11.1. The molecule has 1 fully saturated rings. The van der Waals surface area contributed by atoms with Crippen LogP contribution >= 0.6 is 0 Å². The summed E-state index contributed by atoms with van der Waals surface area (Å²) in [6.07, 6.45) is -11.6. The van der Waals surface area contributed by atoms with Crippen LogP contribution in [0.15, 0.2) is 0 Å². The van der Waals surface area contributed by atoms with Gasteiger partial charge in [0.05, 0.1) is 6.61 Å². The Morgan fingerprint density at radius 1 is 0.690 bits per heavy atom. The average Bonchev–Trinajstić information content (AvgIpc) is 2.44. The van der Waals surface area contributed by atoms with Crippen LogP contribution in [0.1, 0.15) is 0 Å². The maximum Gasteiger partial charge on any atom is 0.397 e. The van der Waals surface area contributed by atoms with Crippen molar-refractivity contribution in [1.82, 2.24) is 0 Å². The van der Waals surface area contributed by atoms with Gasteiger partial charge in [-0.15, -0.1) is 0 Å². The Morgan fingerprint density at radius 2 is 1.10 bits per heavy atom. The predicted octanol–water partition coefficient (Wildman–Crippen LogP) is -3.26. The number of ether oxygens (including phenoxy) is 2. The van der Waals surface area contributed by atoms with Crippen LogP contribution in [0.5, 0.6) is 0 Å². The zero-order valence-corrected chi connectivity index (χ0v) is 17.0. The first-order chi connectivity index (χ1) is 12.8. The quantitative estimate of drug-likeness (QED) is 0.208. The van der Waals surface area contributed by atoms with E-state index < -0.39 is 78.9 Å². The molecule has 22 heteroatoms. The largest absolute Gasteiger partial charge is 0.397 e. The minimum atomic E-state index is -5.53. The first-order valence-electron chi connectivity index (χ1n) is 6.58. The van der Waals surface area contributed by atoms with Crippen molar-refractivity contribution in [2.24, 2.45) is 0 Å². The van der Waals surface area contributed by atoms with Crippen molar-refractivity contribution in [1.29, 1.82) is 0 Å². The highest BCUT2D eigenvalue weighted by Crippen LogP contribution is 2.31. The zero-order valence-electron chi connectivity index (χ0n) is 13.7. The summed E-state index contributed by atoms with van der Waals surface area (Å²) in [7, 11) is -20.8. The summed E-state index contributed by atoms with van der Waals surface area (Å²) in [5.74, 6) is 0. The van der Waals surface area contributed by atoms with Crippen molar-refractivity contribution in [3.8, 4) is 0 Å². The van der Waals surface area contributed by atoms with Crippen LogP contribution in [0, 0.1) is 0 Å². The van der Waals surface area contributed by atoms with Gasteiger partial charge in [0.25, 0.3) is 0 Å². The van der Waals surface area contributed by atoms with E-state index in [0.717, 1.165) is 7.11 Å². The third-order valence-corrected chi connectivity index (χ3v) is 4.73. The van der Waals surface area contributed by atoms with E-state index in [1.807, 2.05) is 0 Å². The Balaban J connectivity index is 3.49. The molecule has 4 N–H and O–H groups in total. The van der Waals surface area contributed by atoms with Gasteiger partial charge in [-0.25, -0.2) is 16.7 Å². The molecule has 0 bridgehead atoms. The fourth-order valence-electron chi connectivity index (χ4n) is 2.10. The van der Waals surface area contributed by atoms with Gasteiger partial charge in [-0.2, -0.15) is 33.7 Å². The number of rotatable bonds is 10. The van der Waals surface area contributed by atoms with Gasteiger partial charge < -0.3 is 9.47 Å². The number of hydrogen-bond acceptors (Lipinski definition) is 14. The van der Waals surface area contributed by atoms with Gasteiger partial charge in [0.1, 0.15) is 18.3 Å². The summed E-state index contributed by atoms with van der Waals surface area (Å²) in [6, 6.07) is 0. The van der Waals surface area contributed by atoms with Gasteiger partial charge in [-0.05, 0) is 0 Å². The van der Waals surface area contributed by atoms with E-state index in [2.05, 4.69) is 21.5 Å². The van der Waals surface area contributed by atoms with Crippen molar-refractivity contribution >= 4 is 41.6 Å². The van der Waals surface area contributed by atoms with E-state index in [9.17, 15) is 33.7 Å². The van der Waals surface area contributed by atoms with Gasteiger partial charge in [-0.1, -0.05) is 0 Å². The van der Waals surface area contributed by atoms with Gasteiger partial charge in [0.15, 0.2) is 12.4 Å². The van der Waals surface area contributed by atoms with Crippen molar-refractivity contribution in [3.63, 3.8) is 0 Å². The molecule has 1 aliphatic rings. The SMILES string of the molecule is CO[C@H]1O[C@H](COS(=O)(=O)O)[C@@H](OS(=O)(=O)O)[C@H](OS(=O)(=O)O)[C@H]1OS(=O)(=O)O. The summed E-state index contributed by atoms with van der Waals surface area (Å²) in [5, 5.41) is 0. The molecule has 174 valence electrons. The Hall–Kier alpha value is -0.600. The molecule has 5 atom stereocenters. The van der Waals surface area contributed by atoms with Crippen LogP contribution in [0.25, 0.3) is 0 Å². The molecular formula is C7H14O18S4. The van der Waals surface area contributed by atoms with E-state index >= 15 is 0 Å². The van der Waals surface area contributed by atoms with Crippen molar-refractivity contribution in [2.75, 3.05) is 13.7 Å². The fourth-order valence-corrected chi connectivity index (χ4v) is 3.91. The molecule has 0 aliphatic carbocycles. The van der Waals surface area contributed by atoms with Crippen LogP contribution in [0.3, 0.4) is 0 Å². The molecule has 1 rings (SSSR count). The summed E-state index contributed by atoms with van der Waals surface area (Å²) < 4.78 is 149. The van der Waals surface area contributed by atoms with Crippen molar-refractivity contribution < 1.29 is 78.1 Å². The summed E-state index contributed by atoms with van der Waals surface area (Å²) in [6.45, 7) is -1.33. The Kier molecular flexibility index (Phi) is 8.45. The number of hydrogen-bond donors (Lipinski definition) is 4. The molecule has 1 aliphatic heterocycles. The Bertz CT molecular complexity index is 977. The van der Waals surface area contributed by atoms with Gasteiger partial charge in [0.2, 0.25) is 0 Å². The maximum absolute atomic E-state index is 11.1. The van der Waals surface area contributed by atoms with Crippen LogP contribution in [-0.2, 0) is 67.8 Å². The van der Waals surface area contributed by atoms with Crippen molar-refractivity contribution in [2.45, 2.75) is 30.7 Å². The lowest BCUT2D eigenvalue weighted by atomic mass is 9.99. The second-order valence-electron chi connectivity index (χ2n) is 4.96. The molecule has 1 saturated heterocycles. The normalized spacial score (nSPS) is 29.6. The predicted molar refractivity (Wildman–Crippen MR) is 82.4 cm³/mol. The smallest absolute Gasteiger partial charge is 0.353 e. The van der Waals surface area contributed by atoms with E-state index in [1.165, 1.54) is 0 Å². The lowest BCUT2D eigenvalue weighted by Crippen LogP contribution is -2.62. The molecule has 0 aromatic rings. The number of methoxy groups -OCH3 is 1. The molecule has 0 radical (unpaired) electrons. The molecule has 0 aromatic heterocycles. The highest BCUT2D eigenvalue weighted by atomic mass is 32.3. The highest BCUT2D eigenvalue weighted by molar-refractivity contribution is 7.81. The Morgan fingerprint density at radius 3 is 1.48 bits per heavy atom. The molecule has 0 spiro atoms. The lowest BCUT2D eigenvalue weighted by molar-refractivity contribution is -0.279. The second-order valence-corrected chi connectivity index (χ2v) is 9.19. The molecule has 0 amide bonds. The average molecular weight is 514 g/mol. The highest BCUT2D eigenvalue weighted by Gasteiger charge is 2.54. The van der Waals surface area contributed by atoms with Crippen LogP contribution in [0.4, 0.5) is 0 Å². The molecule has 18 nitrogen and oxygen atoms in total. The molecule has 1 heterocycles. The first-order valence-corrected chi connectivity index (χ1v) is 12.0. The summed E-state index contributed by atoms with van der Waals surface area (Å²) in [5.41, 5.74) is 0. The third kappa shape index (κ3) is 9.83. The lowest BCUT2D eigenvalue weighted by Gasteiger charge is -2.42. The molecule has 0 unspecified atom stereocenters. The monoisotopic (exact) mass is 514 g/mol. The van der Waals surface area contributed by atoms with E-state index in [4.69, 9.17) is 22.9 Å². The van der Waals surface area contributed by atoms with Crippen LogP contribution in [-0.4, -0.2) is 96.3 Å². The van der Waals surface area contributed by atoms with Gasteiger partial charge >= 0.3 is 41.6 Å². The van der Waals surface area contributed by atoms with E-state index in [0.29, 0.717) is 0 Å². The molecule has 29 heavy (non-hydrogen) atoms. The van der Waals surface area contributed by atoms with Crippen LogP contribution in [0.2, 0.25) is 0 Å². The zero-order chi connectivity index (χ0) is 22.8. The second kappa shape index (κ2) is 9.27. The standard InChI is InChI=1S/C7H14O18S4/c1-20-7-6(25-29(17,18)19)5(24-28(14,15)16)4(23-27(11,12)13)3(22-7)2-21-26(8,9)10/h3-7H,2H2,1H3,(H,8,9,10)(H,11,12,13)(H,14,15,16)(H,17,18,19)/t3-,4-,5+,6-,7+/m1/s1. The molecule has 0 aromatic carbocycles. The summed E-state index contributed by atoms with van der Waals surface area (Å²) in [4.78, 5) is 0. The van der Waals surface area contributed by atoms with Gasteiger partial charge in [-0.3, -0.25) is 18.2 Å². The fraction of sp³-hybridized carbons (Fsp3) is 1.00.